The lowest BCUT2D eigenvalue weighted by Crippen LogP contribution is -2.75. The summed E-state index contributed by atoms with van der Waals surface area (Å²) in [6, 6.07) is 0. The molecule has 1 atom stereocenters. The smallest absolute Gasteiger partial charge is 0.199 e. The van der Waals surface area contributed by atoms with E-state index in [0.29, 0.717) is 0 Å². The molecule has 0 saturated heterocycles. The van der Waals surface area contributed by atoms with Gasteiger partial charge in [0.25, 0.3) is 0 Å². The average molecular weight is 616 g/mol. The van der Waals surface area contributed by atoms with Crippen molar-refractivity contribution in [3.63, 3.8) is 0 Å². The Bertz CT molecular complexity index is 620. The molecular formula is C13H10F17I. The zero-order valence-electron chi connectivity index (χ0n) is 14.5. The molecule has 0 N–H and O–H groups in total. The van der Waals surface area contributed by atoms with Gasteiger partial charge in [-0.25, -0.2) is 0 Å². The van der Waals surface area contributed by atoms with E-state index in [1.165, 1.54) is 0 Å². The number of alkyl halides is 18. The van der Waals surface area contributed by atoms with Crippen LogP contribution in [0.25, 0.3) is 0 Å². The van der Waals surface area contributed by atoms with Gasteiger partial charge in [0.2, 0.25) is 0 Å². The molecule has 0 saturated carbocycles. The number of rotatable bonds is 10. The van der Waals surface area contributed by atoms with E-state index < -0.39 is 70.8 Å². The second-order valence-corrected chi connectivity index (χ2v) is 7.09. The number of hydrogen-bond donors (Lipinski definition) is 0. The molecule has 0 amide bonds. The van der Waals surface area contributed by atoms with Crippen LogP contribution < -0.4 is 0 Å². The zero-order valence-corrected chi connectivity index (χ0v) is 16.7. The highest BCUT2D eigenvalue weighted by Crippen LogP contribution is 2.64. The summed E-state index contributed by atoms with van der Waals surface area (Å²) in [5.74, 6) is -58.7. The summed E-state index contributed by atoms with van der Waals surface area (Å²) in [6.07, 6.45) is -9.30. The van der Waals surface area contributed by atoms with Gasteiger partial charge in [0.15, 0.2) is 0 Å². The first kappa shape index (κ1) is 30.5. The van der Waals surface area contributed by atoms with Gasteiger partial charge in [-0.05, 0) is 6.42 Å². The molecule has 1 unspecified atom stereocenters. The van der Waals surface area contributed by atoms with Crippen LogP contribution >= 0.6 is 22.6 Å². The van der Waals surface area contributed by atoms with Crippen LogP contribution in [0.2, 0.25) is 0 Å². The second-order valence-electron chi connectivity index (χ2n) is 6.21. The van der Waals surface area contributed by atoms with Crippen molar-refractivity contribution in [1.29, 1.82) is 0 Å². The molecule has 0 bridgehead atoms. The van der Waals surface area contributed by atoms with Crippen LogP contribution in [-0.2, 0) is 0 Å². The second kappa shape index (κ2) is 8.39. The normalized spacial score (nSPS) is 17.1. The minimum Gasteiger partial charge on any atom is -0.199 e. The Labute approximate surface area is 175 Å². The fourth-order valence-electron chi connectivity index (χ4n) is 2.14. The highest BCUT2D eigenvalue weighted by atomic mass is 127. The van der Waals surface area contributed by atoms with E-state index in [0.717, 1.165) is 29.5 Å². The van der Waals surface area contributed by atoms with E-state index >= 15 is 0 Å². The molecule has 0 aliphatic carbocycles. The fraction of sp³-hybridized carbons (Fsp3) is 1.00. The van der Waals surface area contributed by atoms with Gasteiger partial charge in [-0.3, -0.25) is 0 Å². The van der Waals surface area contributed by atoms with Crippen LogP contribution in [0.3, 0.4) is 0 Å². The Morgan fingerprint density at radius 1 is 0.516 bits per heavy atom. The summed E-state index contributed by atoms with van der Waals surface area (Å²) in [5.41, 5.74) is 0. The first-order valence-corrected chi connectivity index (χ1v) is 9.07. The standard InChI is InChI=1S/C13H10F17I/c1-2-3-5(4-31)6(14,15)7(16,17)8(18,19)9(20,21)10(22,23)11(24,25)12(26,27)13(28,29)30/h5H,2-4H2,1H3. The van der Waals surface area contributed by atoms with Crippen molar-refractivity contribution in [2.24, 2.45) is 5.92 Å². The molecule has 188 valence electrons. The molecule has 0 aromatic heterocycles. The summed E-state index contributed by atoms with van der Waals surface area (Å²) in [7, 11) is 0. The monoisotopic (exact) mass is 616 g/mol. The molecule has 0 aromatic carbocycles. The Hall–Kier alpha value is -0.460. The SMILES string of the molecule is CCCC(CI)C(F)(F)C(F)(F)C(F)(F)C(F)(F)C(F)(F)C(F)(F)C(F)(F)C(F)(F)F. The van der Waals surface area contributed by atoms with E-state index in [2.05, 4.69) is 0 Å². The van der Waals surface area contributed by atoms with Gasteiger partial charge in [0, 0.05) is 10.3 Å². The van der Waals surface area contributed by atoms with Crippen LogP contribution in [0.15, 0.2) is 0 Å². The maximum atomic E-state index is 13.9. The molecule has 0 aromatic rings. The Kier molecular flexibility index (Phi) is 8.27. The predicted octanol–water partition coefficient (Wildman–Crippen LogP) is 7.85. The molecule has 18 heteroatoms. The van der Waals surface area contributed by atoms with Gasteiger partial charge in [-0.2, -0.15) is 74.6 Å². The minimum atomic E-state index is -8.58. The summed E-state index contributed by atoms with van der Waals surface area (Å²) in [5, 5.41) is 0. The van der Waals surface area contributed by atoms with Crippen molar-refractivity contribution in [2.45, 2.75) is 67.4 Å². The molecule has 31 heavy (non-hydrogen) atoms. The van der Waals surface area contributed by atoms with Crippen LogP contribution in [0.5, 0.6) is 0 Å². The van der Waals surface area contributed by atoms with Crippen molar-refractivity contribution in [2.75, 3.05) is 4.43 Å². The van der Waals surface area contributed by atoms with Gasteiger partial charge in [-0.15, -0.1) is 0 Å². The molecule has 0 nitrogen and oxygen atoms in total. The van der Waals surface area contributed by atoms with E-state index in [1.54, 1.807) is 0 Å². The number of halogens is 18. The predicted molar refractivity (Wildman–Crippen MR) is 78.0 cm³/mol. The molecule has 0 aliphatic rings. The Morgan fingerprint density at radius 3 is 1.06 bits per heavy atom. The third kappa shape index (κ3) is 4.14. The fourth-order valence-corrected chi connectivity index (χ4v) is 3.13. The van der Waals surface area contributed by atoms with Crippen LogP contribution in [0, 0.1) is 5.92 Å². The first-order chi connectivity index (χ1) is 13.3. The van der Waals surface area contributed by atoms with Gasteiger partial charge in [0.05, 0.1) is 0 Å². The van der Waals surface area contributed by atoms with E-state index in [1.807, 2.05) is 0 Å². The van der Waals surface area contributed by atoms with Crippen molar-refractivity contribution >= 4 is 22.6 Å². The first-order valence-electron chi connectivity index (χ1n) is 7.54. The quantitative estimate of drug-likeness (QED) is 0.133. The molecule has 0 radical (unpaired) electrons. The Morgan fingerprint density at radius 2 is 0.806 bits per heavy atom. The minimum absolute atomic E-state index is 0.465. The summed E-state index contributed by atoms with van der Waals surface area (Å²) < 4.78 is 222. The van der Waals surface area contributed by atoms with Gasteiger partial charge in [-0.1, -0.05) is 35.9 Å². The average Bonchev–Trinajstić information content (AvgIpc) is 2.57. The largest absolute Gasteiger partial charge is 0.460 e. The highest BCUT2D eigenvalue weighted by molar-refractivity contribution is 14.1. The molecule has 0 spiro atoms. The van der Waals surface area contributed by atoms with E-state index in [9.17, 15) is 74.6 Å². The van der Waals surface area contributed by atoms with Gasteiger partial charge in [0.1, 0.15) is 0 Å². The summed E-state index contributed by atoms with van der Waals surface area (Å²) in [6.45, 7) is 1.02. The maximum Gasteiger partial charge on any atom is 0.460 e. The summed E-state index contributed by atoms with van der Waals surface area (Å²) in [4.78, 5) is 0. The molecule has 0 aliphatic heterocycles. The van der Waals surface area contributed by atoms with Crippen molar-refractivity contribution < 1.29 is 74.6 Å². The molecule has 0 rings (SSSR count). The van der Waals surface area contributed by atoms with Gasteiger partial charge >= 0.3 is 47.6 Å². The Balaban J connectivity index is 6.76. The van der Waals surface area contributed by atoms with Gasteiger partial charge < -0.3 is 0 Å². The van der Waals surface area contributed by atoms with Crippen LogP contribution in [0.4, 0.5) is 74.6 Å². The van der Waals surface area contributed by atoms with Crippen LogP contribution in [-0.4, -0.2) is 52.1 Å². The van der Waals surface area contributed by atoms with E-state index in [4.69, 9.17) is 0 Å². The third-order valence-corrected chi connectivity index (χ3v) is 5.15. The molecule has 0 heterocycles. The van der Waals surface area contributed by atoms with Crippen molar-refractivity contribution in [3.05, 3.63) is 0 Å². The molecular weight excluding hydrogens is 606 g/mol. The zero-order chi connectivity index (χ0) is 25.7. The lowest BCUT2D eigenvalue weighted by atomic mass is 9.84. The van der Waals surface area contributed by atoms with E-state index in [-0.39, 0.29) is 0 Å². The van der Waals surface area contributed by atoms with Crippen molar-refractivity contribution in [1.82, 2.24) is 0 Å². The topological polar surface area (TPSA) is 0 Å². The van der Waals surface area contributed by atoms with Crippen molar-refractivity contribution in [3.8, 4) is 0 Å². The van der Waals surface area contributed by atoms with Crippen LogP contribution in [0.1, 0.15) is 19.8 Å². The summed E-state index contributed by atoms with van der Waals surface area (Å²) >= 11 is 0.897. The molecule has 0 fully saturated rings. The highest BCUT2D eigenvalue weighted by Gasteiger charge is 2.95. The lowest BCUT2D eigenvalue weighted by Gasteiger charge is -2.44. The lowest BCUT2D eigenvalue weighted by molar-refractivity contribution is -0.463. The number of hydrogen-bond acceptors (Lipinski definition) is 0. The maximum absolute atomic E-state index is 13.9. The third-order valence-electron chi connectivity index (χ3n) is 4.08.